The molecule has 0 aliphatic heterocycles. The normalized spacial score (nSPS) is 12.0. The Morgan fingerprint density at radius 1 is 1.23 bits per heavy atom. The lowest BCUT2D eigenvalue weighted by Crippen LogP contribution is -2.36. The van der Waals surface area contributed by atoms with Crippen molar-refractivity contribution >= 4 is 35.0 Å². The van der Waals surface area contributed by atoms with Crippen molar-refractivity contribution in [3.63, 3.8) is 0 Å². The van der Waals surface area contributed by atoms with Crippen LogP contribution in [0.3, 0.4) is 0 Å². The Morgan fingerprint density at radius 3 is 2.58 bits per heavy atom. The van der Waals surface area contributed by atoms with Gasteiger partial charge in [0.1, 0.15) is 17.3 Å². The Kier molecular flexibility index (Phi) is 6.26. The number of nitrogens with zero attached hydrogens (tertiary/aromatic N) is 3. The summed E-state index contributed by atoms with van der Waals surface area (Å²) < 4.78 is 15.2. The summed E-state index contributed by atoms with van der Waals surface area (Å²) in [6, 6.07) is 9.92. The summed E-state index contributed by atoms with van der Waals surface area (Å²) in [7, 11) is 1.66. The predicted molar refractivity (Wildman–Crippen MR) is 119 cm³/mol. The molecular formula is C21H22ClFN6O2. The van der Waals surface area contributed by atoms with Crippen molar-refractivity contribution in [1.82, 2.24) is 20.1 Å². The van der Waals surface area contributed by atoms with Crippen LogP contribution < -0.4 is 16.2 Å². The van der Waals surface area contributed by atoms with Gasteiger partial charge in [-0.05, 0) is 30.3 Å². The summed E-state index contributed by atoms with van der Waals surface area (Å²) in [6.45, 7) is 5.97. The molecule has 2 aromatic heterocycles. The zero-order chi connectivity index (χ0) is 22.8. The number of benzene rings is 1. The number of anilines is 1. The number of amides is 1. The van der Waals surface area contributed by atoms with Crippen LogP contribution in [-0.2, 0) is 12.5 Å². The molecule has 10 heteroatoms. The van der Waals surface area contributed by atoms with E-state index in [0.29, 0.717) is 5.69 Å². The number of halogens is 2. The van der Waals surface area contributed by atoms with Gasteiger partial charge in [-0.3, -0.25) is 19.6 Å². The van der Waals surface area contributed by atoms with Crippen molar-refractivity contribution < 1.29 is 9.18 Å². The number of carbonyl (C=O) groups excluding carboxylic acids is 1. The number of aromatic nitrogens is 3. The summed E-state index contributed by atoms with van der Waals surface area (Å²) in [6.07, 6.45) is 0. The number of H-pyrrole nitrogens is 1. The van der Waals surface area contributed by atoms with Crippen LogP contribution in [0.4, 0.5) is 15.9 Å². The van der Waals surface area contributed by atoms with Crippen LogP contribution in [0.2, 0.25) is 5.02 Å². The number of nitrogens with one attached hydrogen (secondary N) is 3. The van der Waals surface area contributed by atoms with Gasteiger partial charge in [0.2, 0.25) is 11.5 Å². The largest absolute Gasteiger partial charge is 0.325 e. The van der Waals surface area contributed by atoms with E-state index in [2.05, 4.69) is 25.7 Å². The predicted octanol–water partition coefficient (Wildman–Crippen LogP) is 3.73. The molecule has 0 spiro atoms. The zero-order valence-electron chi connectivity index (χ0n) is 17.5. The second-order valence-electron chi connectivity index (χ2n) is 7.89. The van der Waals surface area contributed by atoms with Gasteiger partial charge in [-0.1, -0.05) is 38.4 Å². The molecule has 0 unspecified atom stereocenters. The van der Waals surface area contributed by atoms with Crippen molar-refractivity contribution in [2.45, 2.75) is 26.2 Å². The van der Waals surface area contributed by atoms with Crippen molar-refractivity contribution in [3.8, 4) is 0 Å². The lowest BCUT2D eigenvalue weighted by molar-refractivity contribution is 0.0968. The van der Waals surface area contributed by atoms with Gasteiger partial charge >= 0.3 is 0 Å². The maximum absolute atomic E-state index is 13.7. The molecule has 0 saturated carbocycles. The molecule has 0 radical (unpaired) electrons. The second kappa shape index (κ2) is 8.73. The molecule has 0 aliphatic rings. The first-order valence-corrected chi connectivity index (χ1v) is 9.76. The number of aromatic amines is 1. The third kappa shape index (κ3) is 5.79. The lowest BCUT2D eigenvalue weighted by atomic mass is 9.92. The zero-order valence-corrected chi connectivity index (χ0v) is 18.2. The van der Waals surface area contributed by atoms with Gasteiger partial charge in [-0.2, -0.15) is 10.1 Å². The Morgan fingerprint density at radius 2 is 1.97 bits per heavy atom. The van der Waals surface area contributed by atoms with E-state index in [0.717, 1.165) is 11.8 Å². The van der Waals surface area contributed by atoms with Crippen LogP contribution in [0.1, 0.15) is 37.0 Å². The van der Waals surface area contributed by atoms with Crippen LogP contribution >= 0.6 is 11.6 Å². The number of hydrogen-bond acceptors (Lipinski definition) is 4. The van der Waals surface area contributed by atoms with E-state index in [1.165, 1.54) is 28.9 Å². The molecule has 162 valence electrons. The highest BCUT2D eigenvalue weighted by atomic mass is 35.5. The molecule has 0 saturated heterocycles. The smallest absolute Gasteiger partial charge is 0.276 e. The molecule has 31 heavy (non-hydrogen) atoms. The Hall–Kier alpha value is -3.46. The Labute approximate surface area is 183 Å². The number of rotatable bonds is 3. The van der Waals surface area contributed by atoms with Crippen LogP contribution in [0.25, 0.3) is 0 Å². The summed E-state index contributed by atoms with van der Waals surface area (Å²) in [5.74, 6) is -0.891. The maximum Gasteiger partial charge on any atom is 0.276 e. The molecule has 8 nitrogen and oxygen atoms in total. The van der Waals surface area contributed by atoms with E-state index in [1.54, 1.807) is 19.2 Å². The lowest BCUT2D eigenvalue weighted by Gasteiger charge is -2.13. The maximum atomic E-state index is 13.7. The first-order chi connectivity index (χ1) is 14.5. The molecule has 2 heterocycles. The molecule has 3 aromatic rings. The van der Waals surface area contributed by atoms with Crippen LogP contribution in [0.5, 0.6) is 0 Å². The highest BCUT2D eigenvalue weighted by molar-refractivity contribution is 6.31. The van der Waals surface area contributed by atoms with E-state index in [-0.39, 0.29) is 33.5 Å². The minimum atomic E-state index is -0.560. The standard InChI is InChI=1S/C21H22ClFN6O2/c1-21(2,3)16-11-15(29(4)28-16)19(31)27-20(26-17-6-5-7-18(30)25-17)24-14-9-12(22)8-13(23)10-14/h5-11H,1-4H3,(H3,24,25,26,27,30,31). The van der Waals surface area contributed by atoms with E-state index in [1.807, 2.05) is 20.8 Å². The molecular weight excluding hydrogens is 423 g/mol. The topological polar surface area (TPSA) is 104 Å². The van der Waals surface area contributed by atoms with Crippen LogP contribution in [0, 0.1) is 5.82 Å². The molecule has 0 aliphatic carbocycles. The molecule has 0 atom stereocenters. The third-order valence-corrected chi connectivity index (χ3v) is 4.44. The van der Waals surface area contributed by atoms with E-state index >= 15 is 0 Å². The summed E-state index contributed by atoms with van der Waals surface area (Å²) >= 11 is 5.92. The number of hydrogen-bond donors (Lipinski definition) is 3. The number of carbonyl (C=O) groups is 1. The fourth-order valence-electron chi connectivity index (χ4n) is 2.69. The van der Waals surface area contributed by atoms with Crippen molar-refractivity contribution in [3.05, 3.63) is 75.0 Å². The fourth-order valence-corrected chi connectivity index (χ4v) is 2.91. The minimum absolute atomic E-state index is 0.0352. The van der Waals surface area contributed by atoms with Crippen molar-refractivity contribution in [2.75, 3.05) is 5.32 Å². The van der Waals surface area contributed by atoms with E-state index < -0.39 is 11.7 Å². The summed E-state index contributed by atoms with van der Waals surface area (Å²) in [5, 5.41) is 10.0. The van der Waals surface area contributed by atoms with Gasteiger partial charge in [0.15, 0.2) is 0 Å². The molecule has 1 aromatic carbocycles. The Bertz CT molecular complexity index is 1190. The van der Waals surface area contributed by atoms with Crippen molar-refractivity contribution in [1.29, 1.82) is 0 Å². The second-order valence-corrected chi connectivity index (χ2v) is 8.32. The van der Waals surface area contributed by atoms with Gasteiger partial charge < -0.3 is 10.3 Å². The van der Waals surface area contributed by atoms with Crippen molar-refractivity contribution in [2.24, 2.45) is 12.0 Å². The van der Waals surface area contributed by atoms with Gasteiger partial charge in [0.05, 0.1) is 5.69 Å². The highest BCUT2D eigenvalue weighted by Crippen LogP contribution is 2.22. The quantitative estimate of drug-likeness (QED) is 0.423. The molecule has 1 amide bonds. The molecule has 3 rings (SSSR count). The van der Waals surface area contributed by atoms with Crippen LogP contribution in [0.15, 0.2) is 52.3 Å². The SMILES string of the molecule is Cn1nc(C(C)(C)C)cc1C(=O)NC(=Nc1cccc(=O)[nH]1)Nc1cc(F)cc(Cl)c1. The van der Waals surface area contributed by atoms with Gasteiger partial charge in [0, 0.05) is 29.2 Å². The van der Waals surface area contributed by atoms with Gasteiger partial charge in [-0.15, -0.1) is 0 Å². The number of aryl methyl sites for hydroxylation is 1. The first-order valence-electron chi connectivity index (χ1n) is 9.38. The highest BCUT2D eigenvalue weighted by Gasteiger charge is 2.22. The molecule has 0 bridgehead atoms. The first kappa shape index (κ1) is 22.2. The minimum Gasteiger partial charge on any atom is -0.325 e. The molecule has 3 N–H and O–H groups in total. The molecule has 0 fully saturated rings. The number of aliphatic imine (C=N–C) groups is 1. The van der Waals surface area contributed by atoms with Gasteiger partial charge in [0.25, 0.3) is 5.91 Å². The third-order valence-electron chi connectivity index (χ3n) is 4.22. The Balaban J connectivity index is 1.95. The average molecular weight is 445 g/mol. The monoisotopic (exact) mass is 444 g/mol. The summed E-state index contributed by atoms with van der Waals surface area (Å²) in [4.78, 5) is 31.3. The van der Waals surface area contributed by atoms with E-state index in [4.69, 9.17) is 11.6 Å². The number of pyridine rings is 1. The average Bonchev–Trinajstić information content (AvgIpc) is 3.03. The van der Waals surface area contributed by atoms with Crippen LogP contribution in [-0.4, -0.2) is 26.6 Å². The van der Waals surface area contributed by atoms with E-state index in [9.17, 15) is 14.0 Å². The summed E-state index contributed by atoms with van der Waals surface area (Å²) in [5.41, 5.74) is 0.715. The van der Waals surface area contributed by atoms with Gasteiger partial charge in [-0.25, -0.2) is 4.39 Å². The number of guanidine groups is 1. The fraction of sp³-hybridized carbons (Fsp3) is 0.238.